The lowest BCUT2D eigenvalue weighted by Crippen LogP contribution is -1.96. The van der Waals surface area contributed by atoms with Gasteiger partial charge in [0, 0.05) is 11.2 Å². The highest BCUT2D eigenvalue weighted by Crippen LogP contribution is 2.37. The molecule has 3 rings (SSSR count). The van der Waals surface area contributed by atoms with Gasteiger partial charge in [0.25, 0.3) is 5.89 Å². The molecule has 0 bridgehead atoms. The number of nitrogens with one attached hydrogen (secondary N) is 1. The van der Waals surface area contributed by atoms with E-state index in [0.29, 0.717) is 27.0 Å². The molecule has 0 aliphatic carbocycles. The fraction of sp³-hybridized carbons (Fsp3) is 0.125. The monoisotopic (exact) mass is 381 g/mol. The molecule has 0 amide bonds. The summed E-state index contributed by atoms with van der Waals surface area (Å²) < 4.78 is 16.9. The lowest BCUT2D eigenvalue weighted by molar-refractivity contribution is 0.442. The molecule has 1 atom stereocenters. The lowest BCUT2D eigenvalue weighted by atomic mass is 10.1. The van der Waals surface area contributed by atoms with Crippen LogP contribution in [-0.4, -0.2) is 21.0 Å². The molecular formula is C16H13Cl2N3O2S. The maximum absolute atomic E-state index is 11.5. The van der Waals surface area contributed by atoms with Crippen molar-refractivity contribution in [3.05, 3.63) is 52.0 Å². The number of aryl methyl sites for hydroxylation is 1. The molecule has 0 fully saturated rings. The summed E-state index contributed by atoms with van der Waals surface area (Å²) in [5.41, 5.74) is 2.87. The Morgan fingerprint density at radius 3 is 2.58 bits per heavy atom. The van der Waals surface area contributed by atoms with E-state index in [4.69, 9.17) is 27.6 Å². The fourth-order valence-electron chi connectivity index (χ4n) is 2.12. The van der Waals surface area contributed by atoms with Gasteiger partial charge in [0.05, 0.1) is 27.0 Å². The molecule has 0 spiro atoms. The Morgan fingerprint density at radius 2 is 1.88 bits per heavy atom. The van der Waals surface area contributed by atoms with Gasteiger partial charge in [-0.15, -0.1) is 5.10 Å². The standard InChI is InChI=1S/C16H13Cl2N3O2S/c1-9-7-8-11(17)14(13(9)18)19-12-6-4-3-5-10(12)15-20-21-16(23-15)24(2)22/h3-8,19H,1-2H3. The van der Waals surface area contributed by atoms with Crippen LogP contribution >= 0.6 is 23.2 Å². The summed E-state index contributed by atoms with van der Waals surface area (Å²) in [5, 5.41) is 12.1. The molecule has 0 saturated heterocycles. The molecule has 5 nitrogen and oxygen atoms in total. The highest BCUT2D eigenvalue weighted by Gasteiger charge is 2.19. The van der Waals surface area contributed by atoms with Crippen LogP contribution < -0.4 is 5.32 Å². The Bertz CT molecular complexity index is 884. The van der Waals surface area contributed by atoms with E-state index in [9.17, 15) is 4.55 Å². The molecule has 3 aromatic rings. The molecule has 0 aliphatic heterocycles. The highest BCUT2D eigenvalue weighted by atomic mass is 35.5. The largest absolute Gasteiger partial charge is 0.608 e. The third-order valence-electron chi connectivity index (χ3n) is 3.35. The van der Waals surface area contributed by atoms with Crippen molar-refractivity contribution in [3.63, 3.8) is 0 Å². The number of halogens is 2. The van der Waals surface area contributed by atoms with Crippen LogP contribution in [-0.2, 0) is 11.2 Å². The zero-order valence-corrected chi connectivity index (χ0v) is 15.2. The summed E-state index contributed by atoms with van der Waals surface area (Å²) in [6.07, 6.45) is 1.48. The van der Waals surface area contributed by atoms with Crippen LogP contribution in [0.1, 0.15) is 5.56 Å². The van der Waals surface area contributed by atoms with Crippen LogP contribution in [0.15, 0.2) is 46.0 Å². The molecule has 1 unspecified atom stereocenters. The maximum atomic E-state index is 11.5. The van der Waals surface area contributed by atoms with Crippen LogP contribution in [0.25, 0.3) is 11.5 Å². The third kappa shape index (κ3) is 3.37. The van der Waals surface area contributed by atoms with Crippen LogP contribution in [0.3, 0.4) is 0 Å². The number of hydrogen-bond donors (Lipinski definition) is 1. The Labute approximate surface area is 152 Å². The summed E-state index contributed by atoms with van der Waals surface area (Å²) in [6, 6.07) is 11.0. The average molecular weight is 382 g/mol. The number of nitrogens with zero attached hydrogens (tertiary/aromatic N) is 2. The minimum atomic E-state index is -1.34. The molecule has 0 aliphatic rings. The molecule has 0 radical (unpaired) electrons. The molecule has 124 valence electrons. The van der Waals surface area contributed by atoms with Crippen LogP contribution in [0.4, 0.5) is 11.4 Å². The second kappa shape index (κ2) is 7.03. The van der Waals surface area contributed by atoms with Crippen molar-refractivity contribution in [1.82, 2.24) is 10.2 Å². The summed E-state index contributed by atoms with van der Waals surface area (Å²) in [6.45, 7) is 1.90. The minimum absolute atomic E-state index is 0.0754. The molecule has 1 heterocycles. The van der Waals surface area contributed by atoms with E-state index in [1.165, 1.54) is 6.26 Å². The minimum Gasteiger partial charge on any atom is -0.608 e. The number of benzene rings is 2. The summed E-state index contributed by atoms with van der Waals surface area (Å²) in [4.78, 5) is 0. The van der Waals surface area contributed by atoms with Gasteiger partial charge in [-0.1, -0.05) is 46.5 Å². The van der Waals surface area contributed by atoms with E-state index in [1.807, 2.05) is 37.3 Å². The Hall–Kier alpha value is -1.73. The Balaban J connectivity index is 2.03. The first kappa shape index (κ1) is 17.1. The van der Waals surface area contributed by atoms with Gasteiger partial charge in [0.2, 0.25) is 0 Å². The molecule has 1 aromatic heterocycles. The van der Waals surface area contributed by atoms with Crippen molar-refractivity contribution in [2.24, 2.45) is 0 Å². The molecule has 2 aromatic carbocycles. The van der Waals surface area contributed by atoms with Gasteiger partial charge in [0.15, 0.2) is 0 Å². The van der Waals surface area contributed by atoms with Crippen molar-refractivity contribution < 1.29 is 8.97 Å². The number of rotatable bonds is 4. The van der Waals surface area contributed by atoms with Crippen molar-refractivity contribution in [1.29, 1.82) is 0 Å². The van der Waals surface area contributed by atoms with Gasteiger partial charge in [-0.25, -0.2) is 0 Å². The summed E-state index contributed by atoms with van der Waals surface area (Å²) >= 11 is 11.3. The first-order valence-electron chi connectivity index (χ1n) is 6.95. The van der Waals surface area contributed by atoms with Crippen LogP contribution in [0.5, 0.6) is 0 Å². The van der Waals surface area contributed by atoms with E-state index in [-0.39, 0.29) is 11.1 Å². The summed E-state index contributed by atoms with van der Waals surface area (Å²) in [7, 11) is 0. The molecule has 24 heavy (non-hydrogen) atoms. The van der Waals surface area contributed by atoms with E-state index < -0.39 is 11.2 Å². The number of aromatic nitrogens is 2. The van der Waals surface area contributed by atoms with Gasteiger partial charge >= 0.3 is 5.22 Å². The number of hydrogen-bond acceptors (Lipinski definition) is 5. The Kier molecular flexibility index (Phi) is 5.01. The first-order chi connectivity index (χ1) is 11.5. The average Bonchev–Trinajstić information content (AvgIpc) is 3.06. The van der Waals surface area contributed by atoms with Crippen molar-refractivity contribution in [2.75, 3.05) is 11.6 Å². The van der Waals surface area contributed by atoms with Crippen LogP contribution in [0.2, 0.25) is 10.0 Å². The van der Waals surface area contributed by atoms with Crippen molar-refractivity contribution in [3.8, 4) is 11.5 Å². The van der Waals surface area contributed by atoms with Gasteiger partial charge in [-0.2, -0.15) is 0 Å². The third-order valence-corrected chi connectivity index (χ3v) is 4.81. The van der Waals surface area contributed by atoms with Gasteiger partial charge < -0.3 is 14.3 Å². The second-order valence-electron chi connectivity index (χ2n) is 5.05. The normalized spacial score (nSPS) is 12.2. The van der Waals surface area contributed by atoms with Crippen molar-refractivity contribution >= 4 is 45.8 Å². The van der Waals surface area contributed by atoms with Gasteiger partial charge in [0.1, 0.15) is 6.26 Å². The quantitative estimate of drug-likeness (QED) is 0.654. The molecular weight excluding hydrogens is 369 g/mol. The van der Waals surface area contributed by atoms with E-state index >= 15 is 0 Å². The predicted molar refractivity (Wildman–Crippen MR) is 96.5 cm³/mol. The van der Waals surface area contributed by atoms with Crippen molar-refractivity contribution in [2.45, 2.75) is 12.1 Å². The van der Waals surface area contributed by atoms with E-state index in [0.717, 1.165) is 5.56 Å². The highest BCUT2D eigenvalue weighted by molar-refractivity contribution is 7.90. The topological polar surface area (TPSA) is 74.0 Å². The molecule has 0 saturated carbocycles. The Morgan fingerprint density at radius 1 is 1.12 bits per heavy atom. The van der Waals surface area contributed by atoms with Gasteiger partial charge in [-0.05, 0) is 30.7 Å². The van der Waals surface area contributed by atoms with E-state index in [1.54, 1.807) is 6.07 Å². The molecule has 1 N–H and O–H groups in total. The predicted octanol–water partition coefficient (Wildman–Crippen LogP) is 4.83. The zero-order valence-electron chi connectivity index (χ0n) is 12.8. The summed E-state index contributed by atoms with van der Waals surface area (Å²) in [5.74, 6) is 0.267. The number of anilines is 2. The van der Waals surface area contributed by atoms with Gasteiger partial charge in [-0.3, -0.25) is 0 Å². The maximum Gasteiger partial charge on any atom is 0.435 e. The first-order valence-corrected chi connectivity index (χ1v) is 9.26. The SMILES string of the molecule is Cc1ccc(Cl)c(Nc2ccccc2-c2nnc([S+](C)[O-])o2)c1Cl. The van der Waals surface area contributed by atoms with Crippen LogP contribution in [0, 0.1) is 6.92 Å². The molecule has 8 heteroatoms. The van der Waals surface area contributed by atoms with E-state index in [2.05, 4.69) is 15.5 Å². The second-order valence-corrected chi connectivity index (χ2v) is 7.09. The number of para-hydroxylation sites is 1. The fourth-order valence-corrected chi connectivity index (χ4v) is 2.94. The smallest absolute Gasteiger partial charge is 0.435 e. The lowest BCUT2D eigenvalue weighted by Gasteiger charge is -2.14. The zero-order chi connectivity index (χ0) is 17.3.